The van der Waals surface area contributed by atoms with Crippen LogP contribution < -0.4 is 16.7 Å². The summed E-state index contributed by atoms with van der Waals surface area (Å²) in [5, 5.41) is 16.5. The van der Waals surface area contributed by atoms with E-state index in [1.165, 1.54) is 30.3 Å². The molecule has 0 bridgehead atoms. The minimum atomic E-state index is -5.00. The molecule has 3 aromatic rings. The van der Waals surface area contributed by atoms with Gasteiger partial charge in [-0.05, 0) is 30.3 Å². The summed E-state index contributed by atoms with van der Waals surface area (Å²) in [6.07, 6.45) is -10.0. The van der Waals surface area contributed by atoms with Gasteiger partial charge in [0.25, 0.3) is 0 Å². The van der Waals surface area contributed by atoms with Gasteiger partial charge in [-0.2, -0.15) is 13.2 Å². The Morgan fingerprint density at radius 2 is 1.78 bits per heavy atom. The van der Waals surface area contributed by atoms with E-state index < -0.39 is 49.2 Å². The third kappa shape index (κ3) is 7.24. The van der Waals surface area contributed by atoms with Crippen molar-refractivity contribution in [3.63, 3.8) is 0 Å². The average Bonchev–Trinajstić information content (AvgIpc) is 3.11. The molecule has 0 fully saturated rings. The van der Waals surface area contributed by atoms with Gasteiger partial charge in [-0.15, -0.1) is 5.10 Å². The largest absolute Gasteiger partial charge is 0.440 e. The quantitative estimate of drug-likeness (QED) is 0.366. The van der Waals surface area contributed by atoms with Crippen molar-refractivity contribution in [2.75, 3.05) is 6.54 Å². The van der Waals surface area contributed by atoms with E-state index in [-0.39, 0.29) is 23.0 Å². The number of ether oxygens (including phenoxy) is 1. The van der Waals surface area contributed by atoms with Crippen LogP contribution in [0.3, 0.4) is 0 Å². The Morgan fingerprint density at radius 1 is 1.14 bits per heavy atom. The first-order valence-electron chi connectivity index (χ1n) is 10.5. The van der Waals surface area contributed by atoms with E-state index in [1.54, 1.807) is 18.2 Å². The van der Waals surface area contributed by atoms with Gasteiger partial charge in [-0.1, -0.05) is 41.4 Å². The highest BCUT2D eigenvalue weighted by Crippen LogP contribution is 2.26. The minimum Gasteiger partial charge on any atom is -0.440 e. The number of aromatic nitrogens is 3. The summed E-state index contributed by atoms with van der Waals surface area (Å²) in [7, 11) is 0. The third-order valence-corrected chi connectivity index (χ3v) is 5.64. The van der Waals surface area contributed by atoms with Gasteiger partial charge < -0.3 is 20.9 Å². The number of aliphatic hydroxyl groups is 1. The Labute approximate surface area is 217 Å². The minimum absolute atomic E-state index is 0.219. The molecule has 4 N–H and O–H groups in total. The van der Waals surface area contributed by atoms with Crippen molar-refractivity contribution < 1.29 is 32.6 Å². The molecule has 0 aliphatic heterocycles. The predicted molar refractivity (Wildman–Crippen MR) is 127 cm³/mol. The maximum atomic E-state index is 13.0. The fourth-order valence-electron chi connectivity index (χ4n) is 3.29. The number of amides is 2. The third-order valence-electron chi connectivity index (χ3n) is 5.05. The Balaban J connectivity index is 1.84. The van der Waals surface area contributed by atoms with E-state index in [0.717, 1.165) is 0 Å². The van der Waals surface area contributed by atoms with Crippen LogP contribution in [-0.4, -0.2) is 50.3 Å². The number of aliphatic hydroxyl groups excluding tert-OH is 1. The number of hydrogen-bond acceptors (Lipinski definition) is 6. The number of hydrogen-bond donors (Lipinski definition) is 3. The first kappa shape index (κ1) is 28.0. The molecule has 37 heavy (non-hydrogen) atoms. The zero-order valence-electron chi connectivity index (χ0n) is 18.8. The SMILES string of the molecule is NC(=O)OC(CNC(=O)Cn1nc(-c2ccc(Cl)cc2)n(C[C@H](O)C(F)(F)F)c1=O)c1ccccc1Cl. The summed E-state index contributed by atoms with van der Waals surface area (Å²) in [5.74, 6) is -1.00. The van der Waals surface area contributed by atoms with Gasteiger partial charge in [0.2, 0.25) is 5.91 Å². The number of rotatable bonds is 9. The summed E-state index contributed by atoms with van der Waals surface area (Å²) < 4.78 is 45.2. The Bertz CT molecular complexity index is 1330. The number of benzene rings is 2. The van der Waals surface area contributed by atoms with Crippen molar-refractivity contribution in [2.45, 2.75) is 31.5 Å². The lowest BCUT2D eigenvalue weighted by Crippen LogP contribution is -2.39. The first-order valence-corrected chi connectivity index (χ1v) is 11.3. The Hall–Kier alpha value is -3.55. The van der Waals surface area contributed by atoms with Gasteiger partial charge >= 0.3 is 18.0 Å². The maximum absolute atomic E-state index is 13.0. The summed E-state index contributed by atoms with van der Waals surface area (Å²) >= 11 is 12.0. The van der Waals surface area contributed by atoms with Crippen LogP contribution in [0.25, 0.3) is 11.4 Å². The molecule has 0 aliphatic rings. The molecule has 15 heteroatoms. The number of nitrogens with zero attached hydrogens (tertiary/aromatic N) is 3. The summed E-state index contributed by atoms with van der Waals surface area (Å²) in [5.41, 5.74) is 4.61. The number of nitrogens with two attached hydrogens (primary N) is 1. The molecule has 2 atom stereocenters. The molecule has 1 aromatic heterocycles. The monoisotopic (exact) mass is 561 g/mol. The normalized spacial score (nSPS) is 13.1. The van der Waals surface area contributed by atoms with Gasteiger partial charge in [-0.3, -0.25) is 9.36 Å². The van der Waals surface area contributed by atoms with Crippen LogP contribution in [-0.2, 0) is 22.6 Å². The summed E-state index contributed by atoms with van der Waals surface area (Å²) in [6, 6.07) is 12.1. The van der Waals surface area contributed by atoms with Crippen LogP contribution in [0.15, 0.2) is 53.3 Å². The lowest BCUT2D eigenvalue weighted by atomic mass is 10.1. The molecule has 198 valence electrons. The maximum Gasteiger partial charge on any atom is 0.416 e. The van der Waals surface area contributed by atoms with Crippen molar-refractivity contribution in [1.29, 1.82) is 0 Å². The highest BCUT2D eigenvalue weighted by molar-refractivity contribution is 6.31. The van der Waals surface area contributed by atoms with Gasteiger partial charge in [0.05, 0.1) is 13.1 Å². The predicted octanol–water partition coefficient (Wildman–Crippen LogP) is 2.89. The number of alkyl halides is 3. The van der Waals surface area contributed by atoms with Crippen molar-refractivity contribution in [1.82, 2.24) is 19.7 Å². The second kappa shape index (κ2) is 11.7. The van der Waals surface area contributed by atoms with Gasteiger partial charge in [0.1, 0.15) is 12.6 Å². The van der Waals surface area contributed by atoms with Crippen LogP contribution in [0, 0.1) is 0 Å². The lowest BCUT2D eigenvalue weighted by Gasteiger charge is -2.18. The Morgan fingerprint density at radius 3 is 2.38 bits per heavy atom. The Kier molecular flexibility index (Phi) is 8.84. The standard InChI is InChI=1S/C22H20Cl2F3N5O5/c23-13-7-5-12(6-8-13)19-30-32(21(36)31(19)10-17(33)22(25,26)27)11-18(34)29-9-16(37-20(28)35)14-3-1-2-4-15(14)24/h1-8,16-17,33H,9-11H2,(H2,28,35)(H,29,34)/t16?,17-/m0/s1. The van der Waals surface area contributed by atoms with E-state index in [1.807, 2.05) is 0 Å². The molecule has 1 heterocycles. The van der Waals surface area contributed by atoms with E-state index >= 15 is 0 Å². The molecule has 0 spiro atoms. The molecule has 2 amide bonds. The zero-order valence-corrected chi connectivity index (χ0v) is 20.3. The topological polar surface area (TPSA) is 141 Å². The van der Waals surface area contributed by atoms with Gasteiger partial charge in [0.15, 0.2) is 11.9 Å². The smallest absolute Gasteiger partial charge is 0.416 e. The molecule has 3 rings (SSSR count). The summed E-state index contributed by atoms with van der Waals surface area (Å²) in [4.78, 5) is 36.7. The molecule has 0 saturated carbocycles. The molecule has 2 aromatic carbocycles. The number of halogens is 5. The van der Waals surface area contributed by atoms with Crippen LogP contribution in [0.1, 0.15) is 11.7 Å². The molecular formula is C22H20Cl2F3N5O5. The number of carbonyl (C=O) groups is 2. The second-order valence-electron chi connectivity index (χ2n) is 7.69. The summed E-state index contributed by atoms with van der Waals surface area (Å²) in [6.45, 7) is -2.12. The van der Waals surface area contributed by atoms with E-state index in [9.17, 15) is 32.7 Å². The van der Waals surface area contributed by atoms with Gasteiger partial charge in [0, 0.05) is 21.2 Å². The fraction of sp³-hybridized carbons (Fsp3) is 0.273. The molecule has 0 aliphatic carbocycles. The number of nitrogens with one attached hydrogen (secondary N) is 1. The average molecular weight is 562 g/mol. The highest BCUT2D eigenvalue weighted by Gasteiger charge is 2.39. The molecule has 0 radical (unpaired) electrons. The van der Waals surface area contributed by atoms with Crippen LogP contribution in [0.4, 0.5) is 18.0 Å². The van der Waals surface area contributed by atoms with Crippen molar-refractivity contribution >= 4 is 35.2 Å². The number of primary amides is 1. The number of carbonyl (C=O) groups excluding carboxylic acids is 2. The molecular weight excluding hydrogens is 542 g/mol. The zero-order chi connectivity index (χ0) is 27.3. The van der Waals surface area contributed by atoms with Gasteiger partial charge in [-0.25, -0.2) is 14.3 Å². The van der Waals surface area contributed by atoms with Crippen LogP contribution >= 0.6 is 23.2 Å². The highest BCUT2D eigenvalue weighted by atomic mass is 35.5. The van der Waals surface area contributed by atoms with E-state index in [0.29, 0.717) is 19.8 Å². The molecule has 0 saturated heterocycles. The van der Waals surface area contributed by atoms with E-state index in [2.05, 4.69) is 10.4 Å². The van der Waals surface area contributed by atoms with Crippen molar-refractivity contribution in [3.8, 4) is 11.4 Å². The first-order chi connectivity index (χ1) is 17.4. The second-order valence-corrected chi connectivity index (χ2v) is 8.53. The lowest BCUT2D eigenvalue weighted by molar-refractivity contribution is -0.207. The fourth-order valence-corrected chi connectivity index (χ4v) is 3.67. The van der Waals surface area contributed by atoms with Crippen molar-refractivity contribution in [3.05, 3.63) is 74.6 Å². The van der Waals surface area contributed by atoms with Crippen LogP contribution in [0.5, 0.6) is 0 Å². The van der Waals surface area contributed by atoms with Crippen LogP contribution in [0.2, 0.25) is 10.0 Å². The van der Waals surface area contributed by atoms with E-state index in [4.69, 9.17) is 33.7 Å². The molecule has 1 unspecified atom stereocenters. The molecule has 10 nitrogen and oxygen atoms in total. The van der Waals surface area contributed by atoms with Crippen molar-refractivity contribution in [2.24, 2.45) is 5.73 Å².